The Hall–Kier alpha value is -1.54. The minimum absolute atomic E-state index is 0.258. The second-order valence-corrected chi connectivity index (χ2v) is 3.28. The summed E-state index contributed by atoms with van der Waals surface area (Å²) in [5.41, 5.74) is 5.77. The average molecular weight is 196 g/mol. The normalized spacial score (nSPS) is 9.23. The minimum atomic E-state index is 0.258. The third-order valence-corrected chi connectivity index (χ3v) is 2.35. The lowest BCUT2D eigenvalue weighted by atomic mass is 10.3. The van der Waals surface area contributed by atoms with E-state index in [1.165, 1.54) is 0 Å². The van der Waals surface area contributed by atoms with Crippen LogP contribution in [0.5, 0.6) is 5.75 Å². The number of aldehydes is 1. The molecule has 0 saturated heterocycles. The Kier molecular flexibility index (Phi) is 2.88. The highest BCUT2D eigenvalue weighted by atomic mass is 32.1. The quantitative estimate of drug-likeness (QED) is 0.741. The molecule has 2 N–H and O–H groups in total. The second-order valence-electron chi connectivity index (χ2n) is 2.20. The molecule has 1 rings (SSSR count). The van der Waals surface area contributed by atoms with E-state index < -0.39 is 0 Å². The van der Waals surface area contributed by atoms with E-state index in [0.29, 0.717) is 28.5 Å². The van der Waals surface area contributed by atoms with Gasteiger partial charge in [0.25, 0.3) is 0 Å². The average Bonchev–Trinajstić information content (AvgIpc) is 2.43. The van der Waals surface area contributed by atoms with Crippen molar-refractivity contribution >= 4 is 22.6 Å². The van der Waals surface area contributed by atoms with Gasteiger partial charge in [-0.25, -0.2) is 0 Å². The van der Waals surface area contributed by atoms with E-state index in [9.17, 15) is 4.79 Å². The van der Waals surface area contributed by atoms with Crippen LogP contribution in [0.1, 0.15) is 22.2 Å². The standard InChI is InChI=1S/C8H8N2O2S/c1-2-12-7-5(3-9)8(10)13-6(7)4-11/h4H,2,10H2,1H3. The number of nitrogens with zero attached hydrogens (tertiary/aromatic N) is 1. The molecule has 0 aromatic carbocycles. The van der Waals surface area contributed by atoms with Crippen LogP contribution in [0, 0.1) is 11.3 Å². The van der Waals surface area contributed by atoms with Crippen LogP contribution in [0.4, 0.5) is 5.00 Å². The maximum Gasteiger partial charge on any atom is 0.163 e. The smallest absolute Gasteiger partial charge is 0.163 e. The van der Waals surface area contributed by atoms with Gasteiger partial charge in [-0.2, -0.15) is 5.26 Å². The van der Waals surface area contributed by atoms with Crippen molar-refractivity contribution in [2.75, 3.05) is 12.3 Å². The molecule has 1 aromatic rings. The second kappa shape index (κ2) is 3.92. The van der Waals surface area contributed by atoms with Crippen molar-refractivity contribution in [3.63, 3.8) is 0 Å². The van der Waals surface area contributed by atoms with E-state index in [1.54, 1.807) is 6.92 Å². The van der Waals surface area contributed by atoms with Crippen LogP contribution >= 0.6 is 11.3 Å². The Labute approximate surface area is 79.5 Å². The Morgan fingerprint density at radius 1 is 1.77 bits per heavy atom. The summed E-state index contributed by atoms with van der Waals surface area (Å²) in [6.07, 6.45) is 0.646. The molecule has 68 valence electrons. The first-order chi connectivity index (χ1) is 6.24. The van der Waals surface area contributed by atoms with Crippen LogP contribution < -0.4 is 10.5 Å². The Bertz CT molecular complexity index is 365. The van der Waals surface area contributed by atoms with Gasteiger partial charge < -0.3 is 10.5 Å². The number of ether oxygens (including phenoxy) is 1. The molecule has 0 aliphatic heterocycles. The highest BCUT2D eigenvalue weighted by Crippen LogP contribution is 2.35. The van der Waals surface area contributed by atoms with E-state index in [1.807, 2.05) is 6.07 Å². The number of hydrogen-bond acceptors (Lipinski definition) is 5. The van der Waals surface area contributed by atoms with Crippen LogP contribution in [0.15, 0.2) is 0 Å². The van der Waals surface area contributed by atoms with E-state index in [-0.39, 0.29) is 5.56 Å². The maximum atomic E-state index is 10.5. The largest absolute Gasteiger partial charge is 0.491 e. The molecule has 0 aliphatic carbocycles. The molecular formula is C8H8N2O2S. The molecular weight excluding hydrogens is 188 g/mol. The van der Waals surface area contributed by atoms with Crippen molar-refractivity contribution in [1.29, 1.82) is 5.26 Å². The number of carbonyl (C=O) groups excluding carboxylic acids is 1. The third kappa shape index (κ3) is 1.63. The summed E-state index contributed by atoms with van der Waals surface area (Å²) >= 11 is 1.07. The van der Waals surface area contributed by atoms with E-state index in [0.717, 1.165) is 11.3 Å². The summed E-state index contributed by atoms with van der Waals surface area (Å²) in [7, 11) is 0. The first kappa shape index (κ1) is 9.55. The number of nitrogens with two attached hydrogens (primary N) is 1. The number of thiophene rings is 1. The van der Waals surface area contributed by atoms with Gasteiger partial charge in [-0.3, -0.25) is 4.79 Å². The van der Waals surface area contributed by atoms with Gasteiger partial charge in [-0.05, 0) is 6.92 Å². The Morgan fingerprint density at radius 3 is 2.92 bits per heavy atom. The van der Waals surface area contributed by atoms with Crippen molar-refractivity contribution in [2.24, 2.45) is 0 Å². The molecule has 4 nitrogen and oxygen atoms in total. The SMILES string of the molecule is CCOc1c(C=O)sc(N)c1C#N. The third-order valence-electron chi connectivity index (χ3n) is 1.42. The van der Waals surface area contributed by atoms with Gasteiger partial charge in [0.2, 0.25) is 0 Å². The van der Waals surface area contributed by atoms with E-state index >= 15 is 0 Å². The van der Waals surface area contributed by atoms with Crippen LogP contribution in [0.2, 0.25) is 0 Å². The molecule has 0 amide bonds. The predicted octanol–water partition coefficient (Wildman–Crippen LogP) is 1.41. The van der Waals surface area contributed by atoms with Gasteiger partial charge >= 0.3 is 0 Å². The summed E-state index contributed by atoms with van der Waals surface area (Å²) in [6, 6.07) is 1.90. The van der Waals surface area contributed by atoms with Gasteiger partial charge in [-0.15, -0.1) is 11.3 Å². The first-order valence-electron chi connectivity index (χ1n) is 3.64. The van der Waals surface area contributed by atoms with Crippen molar-refractivity contribution in [3.05, 3.63) is 10.4 Å². The molecule has 0 bridgehead atoms. The zero-order valence-electron chi connectivity index (χ0n) is 7.03. The molecule has 0 atom stereocenters. The Morgan fingerprint density at radius 2 is 2.46 bits per heavy atom. The number of carbonyl (C=O) groups is 1. The van der Waals surface area contributed by atoms with Crippen molar-refractivity contribution in [2.45, 2.75) is 6.92 Å². The lowest BCUT2D eigenvalue weighted by Gasteiger charge is -2.00. The fourth-order valence-electron chi connectivity index (χ4n) is 0.922. The zero-order chi connectivity index (χ0) is 9.84. The molecule has 0 fully saturated rings. The molecule has 5 heteroatoms. The van der Waals surface area contributed by atoms with E-state index in [4.69, 9.17) is 15.7 Å². The molecule has 0 aliphatic rings. The molecule has 1 heterocycles. The highest BCUT2D eigenvalue weighted by Gasteiger charge is 2.16. The molecule has 0 radical (unpaired) electrons. The van der Waals surface area contributed by atoms with Crippen molar-refractivity contribution in [3.8, 4) is 11.8 Å². The topological polar surface area (TPSA) is 76.1 Å². The van der Waals surface area contributed by atoms with Gasteiger partial charge in [0, 0.05) is 0 Å². The van der Waals surface area contributed by atoms with Crippen LogP contribution in [-0.4, -0.2) is 12.9 Å². The molecule has 0 saturated carbocycles. The summed E-state index contributed by atoms with van der Waals surface area (Å²) in [6.45, 7) is 2.19. The minimum Gasteiger partial charge on any atom is -0.491 e. The highest BCUT2D eigenvalue weighted by molar-refractivity contribution is 7.18. The number of anilines is 1. The lowest BCUT2D eigenvalue weighted by molar-refractivity contribution is 0.112. The summed E-state index contributed by atoms with van der Waals surface area (Å²) < 4.78 is 5.15. The fourth-order valence-corrected chi connectivity index (χ4v) is 1.70. The zero-order valence-corrected chi connectivity index (χ0v) is 7.85. The Balaban J connectivity index is 3.25. The van der Waals surface area contributed by atoms with Crippen LogP contribution in [0.25, 0.3) is 0 Å². The number of nitrogen functional groups attached to an aromatic ring is 1. The molecule has 1 aromatic heterocycles. The van der Waals surface area contributed by atoms with Crippen LogP contribution in [-0.2, 0) is 0 Å². The van der Waals surface area contributed by atoms with Gasteiger partial charge in [0.15, 0.2) is 12.0 Å². The molecule has 0 unspecified atom stereocenters. The number of rotatable bonds is 3. The number of nitriles is 1. The monoisotopic (exact) mass is 196 g/mol. The summed E-state index contributed by atoms with van der Waals surface area (Å²) in [5.74, 6) is 0.308. The van der Waals surface area contributed by atoms with Gasteiger partial charge in [0.05, 0.1) is 6.61 Å². The number of hydrogen-bond donors (Lipinski definition) is 1. The fraction of sp³-hybridized carbons (Fsp3) is 0.250. The van der Waals surface area contributed by atoms with Crippen molar-refractivity contribution < 1.29 is 9.53 Å². The van der Waals surface area contributed by atoms with Gasteiger partial charge in [-0.1, -0.05) is 0 Å². The van der Waals surface area contributed by atoms with Crippen molar-refractivity contribution in [1.82, 2.24) is 0 Å². The lowest BCUT2D eigenvalue weighted by Crippen LogP contribution is -1.95. The predicted molar refractivity (Wildman–Crippen MR) is 50.0 cm³/mol. The van der Waals surface area contributed by atoms with Gasteiger partial charge in [0.1, 0.15) is 21.5 Å². The van der Waals surface area contributed by atoms with Crippen LogP contribution in [0.3, 0.4) is 0 Å². The molecule has 13 heavy (non-hydrogen) atoms. The summed E-state index contributed by atoms with van der Waals surface area (Å²) in [5, 5.41) is 9.04. The maximum absolute atomic E-state index is 10.5. The molecule has 0 spiro atoms. The van der Waals surface area contributed by atoms with E-state index in [2.05, 4.69) is 0 Å². The first-order valence-corrected chi connectivity index (χ1v) is 4.46. The summed E-state index contributed by atoms with van der Waals surface area (Å²) in [4.78, 5) is 10.9.